The molecular formula is C27H44N2O3. The Morgan fingerprint density at radius 1 is 1.06 bits per heavy atom. The van der Waals surface area contributed by atoms with Gasteiger partial charge in [-0.2, -0.15) is 0 Å². The molecule has 1 aromatic rings. The maximum Gasteiger partial charge on any atom is 0.125 e. The van der Waals surface area contributed by atoms with Crippen molar-refractivity contribution in [2.24, 2.45) is 5.92 Å². The first-order valence-electron chi connectivity index (χ1n) is 13.1. The van der Waals surface area contributed by atoms with Gasteiger partial charge in [0.15, 0.2) is 0 Å². The number of ether oxygens (including phenoxy) is 2. The largest absolute Gasteiger partial charge is 0.491 e. The zero-order valence-electron chi connectivity index (χ0n) is 20.3. The zero-order valence-corrected chi connectivity index (χ0v) is 20.3. The standard InChI is InChI=1S/C27H44N2O3/c1-21(2)32-27-10-9-23(16-24(27)20-30)18-28(19-26-8-5-15-31-26)17-22-11-13-29(14-12-22)25-6-3-4-7-25/h9-10,16,21-22,25-26,30H,3-8,11-15,17-20H2,1-2H3. The number of aliphatic hydroxyl groups is 1. The molecule has 2 aliphatic heterocycles. The number of hydrogen-bond acceptors (Lipinski definition) is 5. The van der Waals surface area contributed by atoms with Crippen molar-refractivity contribution in [1.29, 1.82) is 0 Å². The van der Waals surface area contributed by atoms with Gasteiger partial charge in [-0.25, -0.2) is 0 Å². The molecule has 3 aliphatic rings. The van der Waals surface area contributed by atoms with Crippen molar-refractivity contribution in [3.05, 3.63) is 29.3 Å². The monoisotopic (exact) mass is 444 g/mol. The predicted octanol–water partition coefficient (Wildman–Crippen LogP) is 4.60. The maximum atomic E-state index is 9.88. The van der Waals surface area contributed by atoms with E-state index in [-0.39, 0.29) is 12.7 Å². The Labute approximate surface area is 195 Å². The van der Waals surface area contributed by atoms with Gasteiger partial charge in [-0.1, -0.05) is 18.9 Å². The van der Waals surface area contributed by atoms with Crippen molar-refractivity contribution < 1.29 is 14.6 Å². The van der Waals surface area contributed by atoms with Gasteiger partial charge >= 0.3 is 0 Å². The first-order chi connectivity index (χ1) is 15.6. The van der Waals surface area contributed by atoms with E-state index >= 15 is 0 Å². The SMILES string of the molecule is CC(C)Oc1ccc(CN(CC2CCN(C3CCCC3)CC2)CC2CCCO2)cc1CO. The number of likely N-dealkylation sites (tertiary alicyclic amines) is 1. The lowest BCUT2D eigenvalue weighted by Gasteiger charge is -2.38. The predicted molar refractivity (Wildman–Crippen MR) is 129 cm³/mol. The molecule has 1 aliphatic carbocycles. The first-order valence-corrected chi connectivity index (χ1v) is 13.1. The van der Waals surface area contributed by atoms with Crippen LogP contribution in [0.15, 0.2) is 18.2 Å². The molecule has 5 nitrogen and oxygen atoms in total. The van der Waals surface area contributed by atoms with E-state index < -0.39 is 0 Å². The van der Waals surface area contributed by atoms with Crippen molar-refractivity contribution in [2.75, 3.05) is 32.8 Å². The van der Waals surface area contributed by atoms with Crippen molar-refractivity contribution in [3.63, 3.8) is 0 Å². The fraction of sp³-hybridized carbons (Fsp3) is 0.778. The third-order valence-electron chi connectivity index (χ3n) is 7.56. The molecule has 0 bridgehead atoms. The average molecular weight is 445 g/mol. The van der Waals surface area contributed by atoms with Crippen molar-refractivity contribution in [2.45, 2.75) is 96.6 Å². The van der Waals surface area contributed by atoms with Crippen molar-refractivity contribution in [1.82, 2.24) is 9.80 Å². The summed E-state index contributed by atoms with van der Waals surface area (Å²) in [6.45, 7) is 10.6. The summed E-state index contributed by atoms with van der Waals surface area (Å²) in [5.74, 6) is 1.58. The van der Waals surface area contributed by atoms with Gasteiger partial charge in [-0.3, -0.25) is 4.90 Å². The van der Waals surface area contributed by atoms with E-state index in [1.165, 1.54) is 70.0 Å². The molecule has 0 spiro atoms. The maximum absolute atomic E-state index is 9.88. The summed E-state index contributed by atoms with van der Waals surface area (Å²) >= 11 is 0. The number of piperidine rings is 1. The molecule has 0 aromatic heterocycles. The minimum Gasteiger partial charge on any atom is -0.491 e. The Hall–Kier alpha value is -1.14. The molecule has 1 unspecified atom stereocenters. The Morgan fingerprint density at radius 2 is 1.84 bits per heavy atom. The van der Waals surface area contributed by atoms with Gasteiger partial charge in [0.1, 0.15) is 5.75 Å². The Bertz CT molecular complexity index is 690. The third-order valence-corrected chi connectivity index (χ3v) is 7.56. The van der Waals surface area contributed by atoms with Crippen LogP contribution in [-0.2, 0) is 17.9 Å². The van der Waals surface area contributed by atoms with E-state index in [1.54, 1.807) is 0 Å². The molecular weight excluding hydrogens is 400 g/mol. The van der Waals surface area contributed by atoms with Crippen LogP contribution in [-0.4, -0.2) is 65.9 Å². The fourth-order valence-corrected chi connectivity index (χ4v) is 5.90. The fourth-order valence-electron chi connectivity index (χ4n) is 5.90. The average Bonchev–Trinajstić information content (AvgIpc) is 3.49. The first kappa shape index (κ1) is 24.0. The van der Waals surface area contributed by atoms with Gasteiger partial charge in [-0.15, -0.1) is 0 Å². The normalized spacial score (nSPS) is 23.6. The van der Waals surface area contributed by atoms with Crippen LogP contribution in [0, 0.1) is 5.92 Å². The molecule has 4 rings (SSSR count). The lowest BCUT2D eigenvalue weighted by atomic mass is 9.94. The summed E-state index contributed by atoms with van der Waals surface area (Å²) in [5.41, 5.74) is 2.14. The highest BCUT2D eigenvalue weighted by atomic mass is 16.5. The molecule has 2 saturated heterocycles. The number of hydrogen-bond donors (Lipinski definition) is 1. The third kappa shape index (κ3) is 6.69. The lowest BCUT2D eigenvalue weighted by Crippen LogP contribution is -2.43. The van der Waals surface area contributed by atoms with E-state index in [0.717, 1.165) is 49.5 Å². The molecule has 0 amide bonds. The smallest absolute Gasteiger partial charge is 0.125 e. The number of benzene rings is 1. The van der Waals surface area contributed by atoms with Gasteiger partial charge in [0.2, 0.25) is 0 Å². The summed E-state index contributed by atoms with van der Waals surface area (Å²) in [6.07, 6.45) is 11.2. The topological polar surface area (TPSA) is 45.2 Å². The summed E-state index contributed by atoms with van der Waals surface area (Å²) in [5, 5.41) is 9.88. The molecule has 5 heteroatoms. The lowest BCUT2D eigenvalue weighted by molar-refractivity contribution is 0.0539. The van der Waals surface area contributed by atoms with Crippen LogP contribution in [0.5, 0.6) is 5.75 Å². The van der Waals surface area contributed by atoms with Crippen LogP contribution in [0.25, 0.3) is 0 Å². The van der Waals surface area contributed by atoms with Gasteiger partial charge in [0, 0.05) is 37.8 Å². The van der Waals surface area contributed by atoms with Gasteiger partial charge in [-0.05, 0) is 89.1 Å². The van der Waals surface area contributed by atoms with Crippen LogP contribution in [0.3, 0.4) is 0 Å². The van der Waals surface area contributed by atoms with Gasteiger partial charge in [0.05, 0.1) is 18.8 Å². The molecule has 1 N–H and O–H groups in total. The molecule has 32 heavy (non-hydrogen) atoms. The van der Waals surface area contributed by atoms with E-state index in [1.807, 2.05) is 19.9 Å². The number of rotatable bonds is 10. The summed E-state index contributed by atoms with van der Waals surface area (Å²) in [4.78, 5) is 5.39. The summed E-state index contributed by atoms with van der Waals surface area (Å²) < 4.78 is 11.9. The Morgan fingerprint density at radius 3 is 2.50 bits per heavy atom. The highest BCUT2D eigenvalue weighted by molar-refractivity contribution is 5.37. The summed E-state index contributed by atoms with van der Waals surface area (Å²) in [6, 6.07) is 7.19. The quantitative estimate of drug-likeness (QED) is 0.571. The molecule has 180 valence electrons. The Balaban J connectivity index is 1.37. The number of nitrogens with zero attached hydrogens (tertiary/aromatic N) is 2. The van der Waals surface area contributed by atoms with Crippen molar-refractivity contribution >= 4 is 0 Å². The molecule has 0 radical (unpaired) electrons. The van der Waals surface area contributed by atoms with Crippen LogP contribution < -0.4 is 4.74 Å². The molecule has 1 aromatic carbocycles. The zero-order chi connectivity index (χ0) is 22.3. The van der Waals surface area contributed by atoms with Crippen LogP contribution in [0.1, 0.15) is 76.3 Å². The second-order valence-corrected chi connectivity index (χ2v) is 10.5. The second-order valence-electron chi connectivity index (χ2n) is 10.5. The van der Waals surface area contributed by atoms with E-state index in [2.05, 4.69) is 21.9 Å². The highest BCUT2D eigenvalue weighted by Crippen LogP contribution is 2.29. The van der Waals surface area contributed by atoms with Crippen LogP contribution in [0.4, 0.5) is 0 Å². The summed E-state index contributed by atoms with van der Waals surface area (Å²) in [7, 11) is 0. The Kier molecular flexibility index (Phi) is 8.87. The number of aliphatic hydroxyl groups excluding tert-OH is 1. The molecule has 1 saturated carbocycles. The van der Waals surface area contributed by atoms with Gasteiger partial charge in [0.25, 0.3) is 0 Å². The van der Waals surface area contributed by atoms with E-state index in [0.29, 0.717) is 6.10 Å². The minimum absolute atomic E-state index is 0.0151. The highest BCUT2D eigenvalue weighted by Gasteiger charge is 2.29. The molecule has 3 fully saturated rings. The second kappa shape index (κ2) is 11.8. The van der Waals surface area contributed by atoms with E-state index in [4.69, 9.17) is 9.47 Å². The molecule has 1 atom stereocenters. The molecule has 2 heterocycles. The van der Waals surface area contributed by atoms with Crippen LogP contribution in [0.2, 0.25) is 0 Å². The van der Waals surface area contributed by atoms with Gasteiger partial charge < -0.3 is 19.5 Å². The minimum atomic E-state index is 0.0151. The van der Waals surface area contributed by atoms with Crippen LogP contribution >= 0.6 is 0 Å². The van der Waals surface area contributed by atoms with E-state index in [9.17, 15) is 5.11 Å². The van der Waals surface area contributed by atoms with Crippen molar-refractivity contribution in [3.8, 4) is 5.75 Å².